The van der Waals surface area contributed by atoms with Crippen LogP contribution in [0.4, 0.5) is 14.5 Å². The van der Waals surface area contributed by atoms with Gasteiger partial charge in [0.05, 0.1) is 31.5 Å². The molecule has 0 radical (unpaired) electrons. The molecule has 3 aromatic rings. The van der Waals surface area contributed by atoms with Crippen LogP contribution >= 0.6 is 0 Å². The maximum absolute atomic E-state index is 13.0. The Hall–Kier alpha value is -3.14. The van der Waals surface area contributed by atoms with Crippen LogP contribution in [-0.2, 0) is 16.1 Å². The number of carbonyl (C=O) groups excluding carboxylic acids is 1. The molecule has 1 aliphatic carbocycles. The summed E-state index contributed by atoms with van der Waals surface area (Å²) in [6, 6.07) is 7.45. The van der Waals surface area contributed by atoms with Crippen LogP contribution in [0, 0.1) is 0 Å². The van der Waals surface area contributed by atoms with Crippen LogP contribution in [0.15, 0.2) is 42.9 Å². The molecule has 1 unspecified atom stereocenters. The SMILES string of the molecule is CC(Cn1ncc2cc(N3CCOCC3)ccc21)NC(=O)C(C)(F)F.c1cnc(C2CC2)nc1. The fraction of sp³-hybridized carbons (Fsp3) is 0.500. The van der Waals surface area contributed by atoms with E-state index in [1.165, 1.54) is 12.8 Å². The number of nitrogens with one attached hydrogen (secondary N) is 1. The van der Waals surface area contributed by atoms with Gasteiger partial charge in [0.2, 0.25) is 0 Å². The number of morpholine rings is 1. The van der Waals surface area contributed by atoms with E-state index in [1.54, 1.807) is 30.2 Å². The highest BCUT2D eigenvalue weighted by Crippen LogP contribution is 2.37. The lowest BCUT2D eigenvalue weighted by atomic mass is 10.2. The van der Waals surface area contributed by atoms with Crippen molar-refractivity contribution in [2.24, 2.45) is 0 Å². The van der Waals surface area contributed by atoms with Gasteiger partial charge >= 0.3 is 5.92 Å². The standard InChI is InChI=1S/C17H22F2N4O2.C7H8N2/c1-12(21-16(24)17(2,18)19)11-23-15-4-3-14(9-13(15)10-20-23)22-5-7-25-8-6-22;1-4-8-7(9-5-1)6-2-3-6/h3-4,9-10,12H,5-8,11H2,1-2H3,(H,21,24);1,4-6H,2-3H2. The minimum absolute atomic E-state index is 0.322. The lowest BCUT2D eigenvalue weighted by Gasteiger charge is -2.28. The largest absolute Gasteiger partial charge is 0.378 e. The van der Waals surface area contributed by atoms with E-state index in [-0.39, 0.29) is 0 Å². The van der Waals surface area contributed by atoms with Gasteiger partial charge in [-0.05, 0) is 44.0 Å². The molecule has 1 amide bonds. The third kappa shape index (κ3) is 6.25. The first-order valence-electron chi connectivity index (χ1n) is 11.5. The second-order valence-electron chi connectivity index (χ2n) is 8.81. The molecule has 2 aromatic heterocycles. The van der Waals surface area contributed by atoms with E-state index in [1.807, 2.05) is 18.2 Å². The molecule has 1 N–H and O–H groups in total. The van der Waals surface area contributed by atoms with Crippen molar-refractivity contribution in [2.75, 3.05) is 31.2 Å². The van der Waals surface area contributed by atoms with Crippen molar-refractivity contribution >= 4 is 22.5 Å². The monoisotopic (exact) mass is 472 g/mol. The van der Waals surface area contributed by atoms with Crippen molar-refractivity contribution in [3.8, 4) is 0 Å². The summed E-state index contributed by atoms with van der Waals surface area (Å²) in [4.78, 5) is 21.9. The van der Waals surface area contributed by atoms with Crippen molar-refractivity contribution in [3.63, 3.8) is 0 Å². The number of rotatable bonds is 6. The summed E-state index contributed by atoms with van der Waals surface area (Å²) in [5.41, 5.74) is 2.02. The fourth-order valence-electron chi connectivity index (χ4n) is 3.76. The Morgan fingerprint density at radius 1 is 1.24 bits per heavy atom. The average molecular weight is 473 g/mol. The van der Waals surface area contributed by atoms with Crippen molar-refractivity contribution in [2.45, 2.75) is 51.1 Å². The van der Waals surface area contributed by atoms with Crippen LogP contribution < -0.4 is 10.2 Å². The highest BCUT2D eigenvalue weighted by atomic mass is 19.3. The van der Waals surface area contributed by atoms with Crippen molar-refractivity contribution in [1.29, 1.82) is 0 Å². The number of carbonyl (C=O) groups is 1. The summed E-state index contributed by atoms with van der Waals surface area (Å²) < 4.78 is 33.0. The number of alkyl halides is 2. The van der Waals surface area contributed by atoms with Crippen LogP contribution in [0.2, 0.25) is 0 Å². The molecule has 3 heterocycles. The molecule has 5 rings (SSSR count). The number of halogens is 2. The summed E-state index contributed by atoms with van der Waals surface area (Å²) >= 11 is 0. The molecular weight excluding hydrogens is 442 g/mol. The minimum Gasteiger partial charge on any atom is -0.378 e. The van der Waals surface area contributed by atoms with Crippen LogP contribution in [0.25, 0.3) is 10.9 Å². The summed E-state index contributed by atoms with van der Waals surface area (Å²) in [7, 11) is 0. The molecule has 1 aromatic carbocycles. The van der Waals surface area contributed by atoms with E-state index >= 15 is 0 Å². The normalized spacial score (nSPS) is 17.1. The molecule has 1 aliphatic heterocycles. The number of fused-ring (bicyclic) bond motifs is 1. The molecule has 0 spiro atoms. The predicted molar refractivity (Wildman–Crippen MR) is 125 cm³/mol. The average Bonchev–Trinajstić information content (AvgIpc) is 3.62. The number of amides is 1. The van der Waals surface area contributed by atoms with Crippen molar-refractivity contribution in [1.82, 2.24) is 25.1 Å². The van der Waals surface area contributed by atoms with Gasteiger partial charge in [0.1, 0.15) is 5.82 Å². The Bertz CT molecular complexity index is 1090. The van der Waals surface area contributed by atoms with Crippen molar-refractivity contribution < 1.29 is 18.3 Å². The number of nitrogens with zero attached hydrogens (tertiary/aromatic N) is 5. The molecule has 1 saturated heterocycles. The Kier molecular flexibility index (Phi) is 7.35. The van der Waals surface area contributed by atoms with E-state index in [9.17, 15) is 13.6 Å². The Balaban J connectivity index is 0.000000252. The van der Waals surface area contributed by atoms with Gasteiger partial charge in [-0.2, -0.15) is 13.9 Å². The van der Waals surface area contributed by atoms with Gasteiger partial charge in [0.25, 0.3) is 5.91 Å². The number of aromatic nitrogens is 4. The predicted octanol–water partition coefficient (Wildman–Crippen LogP) is 3.39. The summed E-state index contributed by atoms with van der Waals surface area (Å²) in [6.07, 6.45) is 7.93. The van der Waals surface area contributed by atoms with Crippen LogP contribution in [-0.4, -0.2) is 63.9 Å². The highest BCUT2D eigenvalue weighted by Gasteiger charge is 2.33. The van der Waals surface area contributed by atoms with Gasteiger partial charge in [-0.3, -0.25) is 9.48 Å². The third-order valence-corrected chi connectivity index (χ3v) is 5.75. The van der Waals surface area contributed by atoms with Crippen LogP contribution in [0.1, 0.15) is 38.4 Å². The van der Waals surface area contributed by atoms with Crippen LogP contribution in [0.3, 0.4) is 0 Å². The topological polar surface area (TPSA) is 85.2 Å². The van der Waals surface area contributed by atoms with E-state index in [4.69, 9.17) is 4.74 Å². The maximum Gasteiger partial charge on any atom is 0.321 e. The zero-order chi connectivity index (χ0) is 24.1. The minimum atomic E-state index is -3.38. The molecule has 34 heavy (non-hydrogen) atoms. The molecular formula is C24H30F2N6O2. The number of hydrogen-bond donors (Lipinski definition) is 1. The Morgan fingerprint density at radius 2 is 1.94 bits per heavy atom. The molecule has 2 aliphatic rings. The second-order valence-corrected chi connectivity index (χ2v) is 8.81. The van der Waals surface area contributed by atoms with Gasteiger partial charge in [-0.1, -0.05) is 0 Å². The molecule has 10 heteroatoms. The number of ether oxygens (including phenoxy) is 1. The molecule has 1 atom stereocenters. The van der Waals surface area contributed by atoms with E-state index < -0.39 is 17.9 Å². The van der Waals surface area contributed by atoms with Crippen molar-refractivity contribution in [3.05, 3.63) is 48.7 Å². The van der Waals surface area contributed by atoms with E-state index in [0.717, 1.165) is 48.7 Å². The number of hydrogen-bond acceptors (Lipinski definition) is 6. The Morgan fingerprint density at radius 3 is 2.59 bits per heavy atom. The number of anilines is 1. The zero-order valence-electron chi connectivity index (χ0n) is 19.5. The zero-order valence-corrected chi connectivity index (χ0v) is 19.5. The van der Waals surface area contributed by atoms with Crippen LogP contribution in [0.5, 0.6) is 0 Å². The third-order valence-electron chi connectivity index (χ3n) is 5.75. The van der Waals surface area contributed by atoms with Gasteiger partial charge in [0.15, 0.2) is 0 Å². The second kappa shape index (κ2) is 10.4. The van der Waals surface area contributed by atoms with Gasteiger partial charge in [0, 0.05) is 55.4 Å². The first-order chi connectivity index (χ1) is 16.3. The molecule has 8 nitrogen and oxygen atoms in total. The summed E-state index contributed by atoms with van der Waals surface area (Å²) in [5, 5.41) is 7.61. The summed E-state index contributed by atoms with van der Waals surface area (Å²) in [6.45, 7) is 5.74. The van der Waals surface area contributed by atoms with Gasteiger partial charge in [-0.15, -0.1) is 0 Å². The lowest BCUT2D eigenvalue weighted by Crippen LogP contribution is -2.44. The lowest BCUT2D eigenvalue weighted by molar-refractivity contribution is -0.143. The first kappa shape index (κ1) is 24.0. The highest BCUT2D eigenvalue weighted by molar-refractivity contribution is 5.84. The first-order valence-corrected chi connectivity index (χ1v) is 11.5. The van der Waals surface area contributed by atoms with Gasteiger partial charge < -0.3 is 15.0 Å². The van der Waals surface area contributed by atoms with Gasteiger partial charge in [-0.25, -0.2) is 9.97 Å². The Labute approximate surface area is 197 Å². The van der Waals surface area contributed by atoms with E-state index in [0.29, 0.717) is 19.4 Å². The fourth-order valence-corrected chi connectivity index (χ4v) is 3.76. The van der Waals surface area contributed by atoms with E-state index in [2.05, 4.69) is 31.3 Å². The quantitative estimate of drug-likeness (QED) is 0.592. The molecule has 1 saturated carbocycles. The smallest absolute Gasteiger partial charge is 0.321 e. The summed E-state index contributed by atoms with van der Waals surface area (Å²) in [5.74, 6) is -2.94. The molecule has 2 fully saturated rings. The maximum atomic E-state index is 13.0. The molecule has 182 valence electrons. The molecule has 0 bridgehead atoms. The number of benzene rings is 1.